The van der Waals surface area contributed by atoms with E-state index in [1.54, 1.807) is 24.8 Å². The highest BCUT2D eigenvalue weighted by Gasteiger charge is 2.15. The minimum atomic E-state index is -0.194. The highest BCUT2D eigenvalue weighted by atomic mass is 32.1. The Kier molecular flexibility index (Phi) is 3.72. The normalized spacial score (nSPS) is 11.5. The molecule has 6 aromatic rings. The molecular weight excluding hydrogens is 399 g/mol. The number of aromatic amines is 2. The second kappa shape index (κ2) is 6.57. The molecule has 144 valence electrons. The third-order valence-electron chi connectivity index (χ3n) is 5.03. The Hall–Kier alpha value is -3.91. The zero-order chi connectivity index (χ0) is 20.1. The summed E-state index contributed by atoms with van der Waals surface area (Å²) in [6.45, 7) is 0. The quantitative estimate of drug-likeness (QED) is 0.406. The lowest BCUT2D eigenvalue weighted by Gasteiger charge is -1.99. The van der Waals surface area contributed by atoms with Gasteiger partial charge in [0.15, 0.2) is 5.13 Å². The average Bonchev–Trinajstić information content (AvgIpc) is 3.51. The highest BCUT2D eigenvalue weighted by Crippen LogP contribution is 2.36. The highest BCUT2D eigenvalue weighted by molar-refractivity contribution is 7.14. The maximum Gasteiger partial charge on any atom is 0.176 e. The molecule has 0 amide bonds. The Morgan fingerprint density at radius 1 is 0.867 bits per heavy atom. The minimum Gasteiger partial charge on any atom is -0.353 e. The third kappa shape index (κ3) is 2.69. The molecular formula is C22H13FN6S. The van der Waals surface area contributed by atoms with E-state index >= 15 is 0 Å². The van der Waals surface area contributed by atoms with E-state index in [1.165, 1.54) is 6.07 Å². The first kappa shape index (κ1) is 17.0. The minimum absolute atomic E-state index is 0.194. The van der Waals surface area contributed by atoms with E-state index in [1.807, 2.05) is 30.3 Å². The molecule has 6 rings (SSSR count). The molecule has 5 heterocycles. The number of nitrogens with one attached hydrogen (secondary N) is 2. The smallest absolute Gasteiger partial charge is 0.176 e. The fourth-order valence-corrected chi connectivity index (χ4v) is 4.42. The number of halogens is 1. The Bertz CT molecular complexity index is 1520. The van der Waals surface area contributed by atoms with Crippen molar-refractivity contribution in [3.63, 3.8) is 0 Å². The fraction of sp³-hybridized carbons (Fsp3) is 0. The molecule has 0 saturated carbocycles. The lowest BCUT2D eigenvalue weighted by Crippen LogP contribution is -1.88. The van der Waals surface area contributed by atoms with Crippen molar-refractivity contribution in [2.24, 2.45) is 0 Å². The van der Waals surface area contributed by atoms with Crippen LogP contribution in [0.25, 0.3) is 55.0 Å². The maximum atomic E-state index is 13.6. The van der Waals surface area contributed by atoms with Gasteiger partial charge in [0.2, 0.25) is 0 Å². The van der Waals surface area contributed by atoms with Crippen molar-refractivity contribution in [3.8, 4) is 33.2 Å². The molecule has 0 aliphatic heterocycles. The number of benzene rings is 1. The molecule has 0 radical (unpaired) electrons. The topological polar surface area (TPSA) is 83.1 Å². The summed E-state index contributed by atoms with van der Waals surface area (Å²) in [6.07, 6.45) is 6.71. The van der Waals surface area contributed by atoms with Crippen LogP contribution in [0.3, 0.4) is 0 Å². The average molecular weight is 412 g/mol. The molecule has 0 unspecified atom stereocenters. The third-order valence-corrected chi connectivity index (χ3v) is 5.94. The number of H-pyrrole nitrogens is 2. The molecule has 5 aromatic heterocycles. The van der Waals surface area contributed by atoms with Gasteiger partial charge in [0.05, 0.1) is 29.3 Å². The van der Waals surface area contributed by atoms with Crippen molar-refractivity contribution < 1.29 is 4.39 Å². The lowest BCUT2D eigenvalue weighted by atomic mass is 10.1. The van der Waals surface area contributed by atoms with Crippen LogP contribution in [0.5, 0.6) is 0 Å². The van der Waals surface area contributed by atoms with Crippen molar-refractivity contribution in [3.05, 3.63) is 72.4 Å². The molecule has 0 saturated heterocycles. The molecule has 1 aromatic carbocycles. The predicted octanol–water partition coefficient (Wildman–Crippen LogP) is 5.43. The van der Waals surface area contributed by atoms with Gasteiger partial charge in [0.25, 0.3) is 0 Å². The Balaban J connectivity index is 1.52. The second-order valence-corrected chi connectivity index (χ2v) is 7.87. The van der Waals surface area contributed by atoms with Gasteiger partial charge in [-0.25, -0.2) is 0 Å². The van der Waals surface area contributed by atoms with Gasteiger partial charge in [0.1, 0.15) is 11.4 Å². The van der Waals surface area contributed by atoms with E-state index < -0.39 is 0 Å². The van der Waals surface area contributed by atoms with Crippen LogP contribution in [-0.4, -0.2) is 30.1 Å². The zero-order valence-electron chi connectivity index (χ0n) is 15.4. The number of nitrogens with zero attached hydrogens (tertiary/aromatic N) is 4. The first-order chi connectivity index (χ1) is 14.8. The number of thiophene rings is 1. The molecule has 0 aliphatic rings. The van der Waals surface area contributed by atoms with Crippen molar-refractivity contribution in [2.75, 3.05) is 0 Å². The van der Waals surface area contributed by atoms with Gasteiger partial charge in [-0.15, -0.1) is 11.3 Å². The molecule has 0 aliphatic carbocycles. The van der Waals surface area contributed by atoms with Crippen molar-refractivity contribution in [1.82, 2.24) is 30.1 Å². The number of hydrogen-bond donors (Lipinski definition) is 2. The molecule has 6 nitrogen and oxygen atoms in total. The summed E-state index contributed by atoms with van der Waals surface area (Å²) in [7, 11) is 0. The van der Waals surface area contributed by atoms with Gasteiger partial charge in [0, 0.05) is 39.1 Å². The van der Waals surface area contributed by atoms with E-state index in [-0.39, 0.29) is 5.13 Å². The number of hydrogen-bond acceptors (Lipinski definition) is 5. The van der Waals surface area contributed by atoms with Crippen LogP contribution < -0.4 is 0 Å². The first-order valence-electron chi connectivity index (χ1n) is 9.24. The van der Waals surface area contributed by atoms with Gasteiger partial charge in [-0.1, -0.05) is 12.1 Å². The maximum absolute atomic E-state index is 13.6. The molecule has 0 bridgehead atoms. The van der Waals surface area contributed by atoms with Crippen LogP contribution in [0.2, 0.25) is 0 Å². The van der Waals surface area contributed by atoms with Crippen LogP contribution in [0.15, 0.2) is 67.3 Å². The van der Waals surface area contributed by atoms with E-state index in [2.05, 4.69) is 36.2 Å². The number of fused-ring (bicyclic) bond motifs is 2. The SMILES string of the molecule is Fc1ccc(-c2cccc3[nH]c(-c4n[nH]c5cnc(-c6cnccn6)cc45)cc23)s1. The largest absolute Gasteiger partial charge is 0.353 e. The van der Waals surface area contributed by atoms with Crippen LogP contribution in [0.4, 0.5) is 4.39 Å². The van der Waals surface area contributed by atoms with Gasteiger partial charge in [-0.2, -0.15) is 9.49 Å². The van der Waals surface area contributed by atoms with Crippen molar-refractivity contribution in [2.45, 2.75) is 0 Å². The summed E-state index contributed by atoms with van der Waals surface area (Å²) in [5.74, 6) is 0. The molecule has 0 atom stereocenters. The summed E-state index contributed by atoms with van der Waals surface area (Å²) >= 11 is 1.14. The van der Waals surface area contributed by atoms with Crippen molar-refractivity contribution in [1.29, 1.82) is 0 Å². The zero-order valence-corrected chi connectivity index (χ0v) is 16.2. The van der Waals surface area contributed by atoms with E-state index in [0.717, 1.165) is 60.7 Å². The summed E-state index contributed by atoms with van der Waals surface area (Å²) in [4.78, 5) is 17.3. The second-order valence-electron chi connectivity index (χ2n) is 6.83. The van der Waals surface area contributed by atoms with Gasteiger partial charge < -0.3 is 4.98 Å². The Morgan fingerprint density at radius 3 is 2.67 bits per heavy atom. The first-order valence-corrected chi connectivity index (χ1v) is 10.1. The number of aromatic nitrogens is 6. The monoisotopic (exact) mass is 412 g/mol. The number of pyridine rings is 1. The van der Waals surface area contributed by atoms with E-state index in [4.69, 9.17) is 0 Å². The lowest BCUT2D eigenvalue weighted by molar-refractivity contribution is 0.657. The van der Waals surface area contributed by atoms with Crippen molar-refractivity contribution >= 4 is 33.1 Å². The van der Waals surface area contributed by atoms with Crippen LogP contribution >= 0.6 is 11.3 Å². The van der Waals surface area contributed by atoms with E-state index in [0.29, 0.717) is 5.69 Å². The molecule has 8 heteroatoms. The standard InChI is InChI=1S/C22H13FN6S/c23-21-5-4-20(30-21)12-2-1-3-15-13(12)8-17(27-15)22-14-9-16(19-10-24-6-7-25-19)26-11-18(14)28-29-22/h1-11,27H,(H,28,29). The molecule has 2 N–H and O–H groups in total. The number of rotatable bonds is 3. The molecule has 30 heavy (non-hydrogen) atoms. The Morgan fingerprint density at radius 2 is 1.83 bits per heavy atom. The van der Waals surface area contributed by atoms with Crippen LogP contribution in [0.1, 0.15) is 0 Å². The van der Waals surface area contributed by atoms with Gasteiger partial charge >= 0.3 is 0 Å². The van der Waals surface area contributed by atoms with Gasteiger partial charge in [-0.3, -0.25) is 20.1 Å². The summed E-state index contributed by atoms with van der Waals surface area (Å²) in [5, 5.41) is 9.31. The van der Waals surface area contributed by atoms with E-state index in [9.17, 15) is 4.39 Å². The fourth-order valence-electron chi connectivity index (χ4n) is 3.65. The van der Waals surface area contributed by atoms with Crippen LogP contribution in [-0.2, 0) is 0 Å². The van der Waals surface area contributed by atoms with Gasteiger partial charge in [-0.05, 0) is 30.3 Å². The summed E-state index contributed by atoms with van der Waals surface area (Å²) in [5.41, 5.74) is 5.88. The predicted molar refractivity (Wildman–Crippen MR) is 115 cm³/mol. The summed E-state index contributed by atoms with van der Waals surface area (Å²) in [6, 6.07) is 13.3. The van der Waals surface area contributed by atoms with Crippen LogP contribution in [0, 0.1) is 5.13 Å². The molecule has 0 fully saturated rings. The molecule has 0 spiro atoms. The summed E-state index contributed by atoms with van der Waals surface area (Å²) < 4.78 is 13.6. The Labute approximate surface area is 173 Å².